The van der Waals surface area contributed by atoms with Crippen LogP contribution in [0.5, 0.6) is 0 Å². The summed E-state index contributed by atoms with van der Waals surface area (Å²) in [6.07, 6.45) is 5.27. The fraction of sp³-hybridized carbons (Fsp3) is 0.211. The number of benzene rings is 2. The van der Waals surface area contributed by atoms with Crippen molar-refractivity contribution in [3.63, 3.8) is 0 Å². The van der Waals surface area contributed by atoms with Crippen LogP contribution in [0.25, 0.3) is 0 Å². The van der Waals surface area contributed by atoms with E-state index in [1.165, 1.54) is 0 Å². The van der Waals surface area contributed by atoms with Gasteiger partial charge >= 0.3 is 5.97 Å². The molecule has 2 aromatic carbocycles. The molecule has 0 spiro atoms. The first-order valence-electron chi connectivity index (χ1n) is 7.80. The number of nitrogens with one attached hydrogen (secondary N) is 1. The zero-order valence-corrected chi connectivity index (χ0v) is 14.2. The largest absolute Gasteiger partial charge is 0.478 e. The summed E-state index contributed by atoms with van der Waals surface area (Å²) >= 11 is 12.4. The van der Waals surface area contributed by atoms with E-state index >= 15 is 0 Å². The van der Waals surface area contributed by atoms with E-state index in [2.05, 4.69) is 17.5 Å². The molecule has 0 saturated heterocycles. The number of hydrogen-bond donors (Lipinski definition) is 2. The van der Waals surface area contributed by atoms with Crippen molar-refractivity contribution >= 4 is 34.9 Å². The number of halogens is 2. The first-order valence-corrected chi connectivity index (χ1v) is 8.55. The van der Waals surface area contributed by atoms with Crippen molar-refractivity contribution in [2.45, 2.75) is 18.4 Å². The van der Waals surface area contributed by atoms with Crippen LogP contribution in [0.4, 0.5) is 5.69 Å². The lowest BCUT2D eigenvalue weighted by molar-refractivity contribution is 0.0696. The van der Waals surface area contributed by atoms with Gasteiger partial charge in [0.1, 0.15) is 0 Å². The average molecular weight is 360 g/mol. The second kappa shape index (κ2) is 5.83. The third-order valence-electron chi connectivity index (χ3n) is 4.91. The van der Waals surface area contributed by atoms with Gasteiger partial charge in [0.25, 0.3) is 0 Å². The van der Waals surface area contributed by atoms with Gasteiger partial charge in [-0.25, -0.2) is 4.79 Å². The molecule has 2 aliphatic rings. The monoisotopic (exact) mass is 359 g/mol. The molecule has 24 heavy (non-hydrogen) atoms. The average Bonchev–Trinajstić information content (AvgIpc) is 3.04. The summed E-state index contributed by atoms with van der Waals surface area (Å²) in [7, 11) is 0. The first kappa shape index (κ1) is 15.6. The second-order valence-corrected chi connectivity index (χ2v) is 7.09. The Morgan fingerprint density at radius 1 is 1.12 bits per heavy atom. The van der Waals surface area contributed by atoms with Crippen molar-refractivity contribution in [1.82, 2.24) is 0 Å². The van der Waals surface area contributed by atoms with E-state index in [0.29, 0.717) is 21.5 Å². The topological polar surface area (TPSA) is 49.3 Å². The zero-order valence-electron chi connectivity index (χ0n) is 12.7. The van der Waals surface area contributed by atoms with Crippen LogP contribution in [0, 0.1) is 5.92 Å². The number of carbonyl (C=O) groups is 1. The minimum Gasteiger partial charge on any atom is -0.478 e. The van der Waals surface area contributed by atoms with Gasteiger partial charge in [-0.15, -0.1) is 0 Å². The third kappa shape index (κ3) is 2.48. The Hall–Kier alpha value is -1.97. The summed E-state index contributed by atoms with van der Waals surface area (Å²) in [5.41, 5.74) is 3.34. The normalized spacial score (nSPS) is 24.2. The van der Waals surface area contributed by atoms with Gasteiger partial charge in [0, 0.05) is 21.7 Å². The number of allylic oxidation sites excluding steroid dienone is 2. The van der Waals surface area contributed by atoms with Gasteiger partial charge in [0.15, 0.2) is 0 Å². The van der Waals surface area contributed by atoms with Crippen LogP contribution >= 0.6 is 23.2 Å². The van der Waals surface area contributed by atoms with E-state index in [9.17, 15) is 9.90 Å². The Morgan fingerprint density at radius 3 is 2.71 bits per heavy atom. The van der Waals surface area contributed by atoms with Crippen LogP contribution in [-0.2, 0) is 0 Å². The van der Waals surface area contributed by atoms with Crippen LogP contribution < -0.4 is 5.32 Å². The Morgan fingerprint density at radius 2 is 1.96 bits per heavy atom. The quantitative estimate of drug-likeness (QED) is 0.694. The molecule has 0 saturated carbocycles. The molecule has 122 valence electrons. The maximum absolute atomic E-state index is 11.3. The molecule has 0 aromatic heterocycles. The van der Waals surface area contributed by atoms with E-state index in [1.54, 1.807) is 18.2 Å². The number of hydrogen-bond acceptors (Lipinski definition) is 2. The van der Waals surface area contributed by atoms with Crippen molar-refractivity contribution in [2.75, 3.05) is 5.32 Å². The van der Waals surface area contributed by atoms with E-state index in [1.807, 2.05) is 18.2 Å². The van der Waals surface area contributed by atoms with Gasteiger partial charge in [-0.05, 0) is 53.8 Å². The van der Waals surface area contributed by atoms with Crippen molar-refractivity contribution in [1.29, 1.82) is 0 Å². The summed E-state index contributed by atoms with van der Waals surface area (Å²) < 4.78 is 0. The van der Waals surface area contributed by atoms with E-state index in [4.69, 9.17) is 23.2 Å². The van der Waals surface area contributed by atoms with Crippen molar-refractivity contribution in [3.8, 4) is 0 Å². The van der Waals surface area contributed by atoms with E-state index < -0.39 is 5.97 Å². The molecule has 0 unspecified atom stereocenters. The van der Waals surface area contributed by atoms with Gasteiger partial charge in [0.2, 0.25) is 0 Å². The molecule has 1 aliphatic heterocycles. The van der Waals surface area contributed by atoms with Gasteiger partial charge in [-0.3, -0.25) is 0 Å². The highest BCUT2D eigenvalue weighted by Gasteiger charge is 2.38. The summed E-state index contributed by atoms with van der Waals surface area (Å²) in [5, 5.41) is 14.1. The van der Waals surface area contributed by atoms with Crippen LogP contribution in [0.1, 0.15) is 39.9 Å². The number of carboxylic acids is 1. The zero-order chi connectivity index (χ0) is 16.8. The molecule has 0 bridgehead atoms. The molecular weight excluding hydrogens is 345 g/mol. The molecular formula is C19H15Cl2NO2. The molecule has 2 N–H and O–H groups in total. The highest BCUT2D eigenvalue weighted by atomic mass is 35.5. The van der Waals surface area contributed by atoms with E-state index in [-0.39, 0.29) is 12.0 Å². The van der Waals surface area contributed by atoms with Crippen molar-refractivity contribution in [3.05, 3.63) is 75.3 Å². The van der Waals surface area contributed by atoms with Crippen LogP contribution in [0.15, 0.2) is 48.6 Å². The molecule has 1 heterocycles. The molecule has 2 aromatic rings. The fourth-order valence-corrected chi connectivity index (χ4v) is 4.32. The van der Waals surface area contributed by atoms with Crippen molar-refractivity contribution in [2.24, 2.45) is 5.92 Å². The Labute approximate surface area is 149 Å². The maximum Gasteiger partial charge on any atom is 0.335 e. The number of carboxylic acid groups (broad SMARTS) is 1. The smallest absolute Gasteiger partial charge is 0.335 e. The molecule has 3 nitrogen and oxygen atoms in total. The van der Waals surface area contributed by atoms with Crippen LogP contribution in [0.2, 0.25) is 10.0 Å². The fourth-order valence-electron chi connectivity index (χ4n) is 3.79. The molecule has 1 aliphatic carbocycles. The molecule has 0 radical (unpaired) electrons. The van der Waals surface area contributed by atoms with Gasteiger partial charge in [-0.1, -0.05) is 41.4 Å². The summed E-state index contributed by atoms with van der Waals surface area (Å²) in [5.74, 6) is -0.406. The summed E-state index contributed by atoms with van der Waals surface area (Å²) in [6, 6.07) is 10.9. The lowest BCUT2D eigenvalue weighted by Crippen LogP contribution is -2.29. The number of fused-ring (bicyclic) bond motifs is 3. The first-order chi connectivity index (χ1) is 11.5. The SMILES string of the molecule is O=C(O)c1ccc2c(c1)[C@@H]1C=CC[C@H]1[C@H](c1ccc(Cl)cc1Cl)N2. The molecule has 3 atom stereocenters. The van der Waals surface area contributed by atoms with Gasteiger partial charge in [0.05, 0.1) is 11.6 Å². The minimum absolute atomic E-state index is 0.0675. The lowest BCUT2D eigenvalue weighted by atomic mass is 9.76. The second-order valence-electron chi connectivity index (χ2n) is 6.25. The highest BCUT2D eigenvalue weighted by Crippen LogP contribution is 2.51. The molecule has 5 heteroatoms. The maximum atomic E-state index is 11.3. The van der Waals surface area contributed by atoms with Crippen molar-refractivity contribution < 1.29 is 9.90 Å². The Balaban J connectivity index is 1.79. The minimum atomic E-state index is -0.904. The van der Waals surface area contributed by atoms with E-state index in [0.717, 1.165) is 23.2 Å². The molecule has 4 rings (SSSR count). The number of anilines is 1. The lowest BCUT2D eigenvalue weighted by Gasteiger charge is -2.38. The number of rotatable bonds is 2. The molecule has 0 fully saturated rings. The Bertz CT molecular complexity index is 862. The van der Waals surface area contributed by atoms with Gasteiger partial charge < -0.3 is 10.4 Å². The predicted octanol–water partition coefficient (Wildman–Crippen LogP) is 5.52. The standard InChI is InChI=1S/C19H15Cl2NO2/c20-11-5-6-14(16(21)9-11)18-13-3-1-2-12(13)15-8-10(19(23)24)4-7-17(15)22-18/h1-2,4-9,12-13,18,22H,3H2,(H,23,24)/t12-,13-,18-/m1/s1. The highest BCUT2D eigenvalue weighted by molar-refractivity contribution is 6.35. The summed E-state index contributed by atoms with van der Waals surface area (Å²) in [4.78, 5) is 11.3. The Kier molecular flexibility index (Phi) is 3.78. The van der Waals surface area contributed by atoms with Crippen LogP contribution in [0.3, 0.4) is 0 Å². The molecule has 0 amide bonds. The summed E-state index contributed by atoms with van der Waals surface area (Å²) in [6.45, 7) is 0. The van der Waals surface area contributed by atoms with Crippen LogP contribution in [-0.4, -0.2) is 11.1 Å². The van der Waals surface area contributed by atoms with Gasteiger partial charge in [-0.2, -0.15) is 0 Å². The third-order valence-corrected chi connectivity index (χ3v) is 5.47. The predicted molar refractivity (Wildman–Crippen MR) is 96.2 cm³/mol. The number of aromatic carboxylic acids is 1.